The highest BCUT2D eigenvalue weighted by Crippen LogP contribution is 2.25. The maximum Gasteiger partial charge on any atom is 0.286 e. The number of hydrogen-bond acceptors (Lipinski definition) is 5. The summed E-state index contributed by atoms with van der Waals surface area (Å²) in [6, 6.07) is 0. The van der Waals surface area contributed by atoms with Gasteiger partial charge in [0, 0.05) is 46.9 Å². The van der Waals surface area contributed by atoms with Crippen molar-refractivity contribution in [1.29, 1.82) is 0 Å². The molecule has 0 saturated heterocycles. The lowest BCUT2D eigenvalue weighted by Gasteiger charge is -2.10. The monoisotopic (exact) mass is 430 g/mol. The van der Waals surface area contributed by atoms with Gasteiger partial charge in [-0.15, -0.1) is 22.8 Å². The van der Waals surface area contributed by atoms with E-state index in [2.05, 4.69) is 33.6 Å². The summed E-state index contributed by atoms with van der Waals surface area (Å²) in [6.45, 7) is 9.46. The molecule has 0 aliphatic rings. The van der Waals surface area contributed by atoms with Crippen molar-refractivity contribution in [3.63, 3.8) is 0 Å². The van der Waals surface area contributed by atoms with Crippen molar-refractivity contribution in [3.05, 3.63) is 82.8 Å². The van der Waals surface area contributed by atoms with Crippen LogP contribution in [0.25, 0.3) is 0 Å². The lowest BCUT2D eigenvalue weighted by molar-refractivity contribution is -0.118. The summed E-state index contributed by atoms with van der Waals surface area (Å²) in [5, 5.41) is 8.50. The van der Waals surface area contributed by atoms with E-state index in [0.717, 1.165) is 17.1 Å². The number of amidine groups is 1. The number of allylic oxidation sites excluding steroid dienone is 5. The Hall–Kier alpha value is -3.00. The van der Waals surface area contributed by atoms with Gasteiger partial charge in [-0.1, -0.05) is 18.7 Å². The van der Waals surface area contributed by atoms with Gasteiger partial charge in [-0.05, 0) is 44.4 Å². The molecule has 0 aliphatic heterocycles. The molecule has 0 aliphatic carbocycles. The summed E-state index contributed by atoms with van der Waals surface area (Å²) in [7, 11) is 0. The third-order valence-corrected chi connectivity index (χ3v) is 5.03. The fraction of sp³-hybridized carbons (Fsp3) is 0.318. The second kappa shape index (κ2) is 14.9. The molecule has 6 nitrogen and oxygen atoms in total. The summed E-state index contributed by atoms with van der Waals surface area (Å²) in [5.74, 6) is 0.0438. The second-order valence-electron chi connectivity index (χ2n) is 6.34. The maximum absolute atomic E-state index is 12.3. The quantitative estimate of drug-likeness (QED) is 0.104. The first-order chi connectivity index (χ1) is 14.5. The van der Waals surface area contributed by atoms with Gasteiger partial charge in [0.05, 0.1) is 6.33 Å². The van der Waals surface area contributed by atoms with E-state index in [0.29, 0.717) is 37.1 Å². The predicted octanol–water partition coefficient (Wildman–Crippen LogP) is 6.02. The molecule has 0 radical (unpaired) electrons. The van der Waals surface area contributed by atoms with Crippen LogP contribution in [0.15, 0.2) is 77.3 Å². The minimum Gasteiger partial charge on any atom is -0.344 e. The summed E-state index contributed by atoms with van der Waals surface area (Å²) in [4.78, 5) is 30.2. The van der Waals surface area contributed by atoms with Crippen molar-refractivity contribution >= 4 is 23.1 Å². The van der Waals surface area contributed by atoms with Gasteiger partial charge in [0.2, 0.25) is 0 Å². The van der Waals surface area contributed by atoms with E-state index in [1.807, 2.05) is 24.5 Å². The number of carbonyl (C=O) groups excluding carboxylic acids is 1. The third kappa shape index (κ3) is 9.97. The lowest BCUT2D eigenvalue weighted by atomic mass is 10.1. The van der Waals surface area contributed by atoms with Crippen LogP contribution in [0.4, 0.5) is 4.39 Å². The molecule has 0 saturated carbocycles. The summed E-state index contributed by atoms with van der Waals surface area (Å²) < 4.78 is 12.3. The molecule has 160 valence electrons. The third-order valence-electron chi connectivity index (χ3n) is 3.94. The fourth-order valence-electron chi connectivity index (χ4n) is 2.46. The number of nitroso groups, excluding NO2 is 1. The van der Waals surface area contributed by atoms with Crippen LogP contribution in [-0.2, 0) is 4.79 Å². The van der Waals surface area contributed by atoms with Crippen molar-refractivity contribution < 1.29 is 9.18 Å². The minimum absolute atomic E-state index is 0.0753. The van der Waals surface area contributed by atoms with Gasteiger partial charge < -0.3 is 5.32 Å². The standard InChI is InChI=1S/C22H27FN4O2S/c1-4-9-18(22-25-17(3)16-30-22)13-15-24-20(11-6-7-12-21(28)27-29)26-19(5-2)10-8-14-23/h4-5,8,10,13-16,18H,1-2,6-7,9,11-12H2,3H3,(H,24,26)/b14-8+,15-13+,19-10+. The first kappa shape index (κ1) is 25.0. The van der Waals surface area contributed by atoms with Crippen molar-refractivity contribution in [2.45, 2.75) is 44.9 Å². The molecule has 8 heteroatoms. The maximum atomic E-state index is 12.3. The fourth-order valence-corrected chi connectivity index (χ4v) is 3.35. The van der Waals surface area contributed by atoms with E-state index >= 15 is 0 Å². The molecule has 0 bridgehead atoms. The summed E-state index contributed by atoms with van der Waals surface area (Å²) >= 11 is 1.60. The molecule has 1 atom stereocenters. The van der Waals surface area contributed by atoms with Crippen molar-refractivity contribution in [1.82, 2.24) is 10.3 Å². The minimum atomic E-state index is -0.660. The van der Waals surface area contributed by atoms with Gasteiger partial charge >= 0.3 is 0 Å². The number of nitrogens with zero attached hydrogens (tertiary/aromatic N) is 3. The highest BCUT2D eigenvalue weighted by Gasteiger charge is 2.10. The summed E-state index contributed by atoms with van der Waals surface area (Å²) in [6.07, 6.45) is 12.8. The van der Waals surface area contributed by atoms with Crippen LogP contribution < -0.4 is 5.32 Å². The van der Waals surface area contributed by atoms with E-state index in [1.165, 1.54) is 12.2 Å². The number of hydrogen-bond donors (Lipinski definition) is 1. The molecule has 0 aromatic carbocycles. The van der Waals surface area contributed by atoms with Crippen molar-refractivity contribution in [2.75, 3.05) is 0 Å². The molecule has 1 N–H and O–H groups in total. The molecular formula is C22H27FN4O2S. The highest BCUT2D eigenvalue weighted by molar-refractivity contribution is 7.09. The van der Waals surface area contributed by atoms with E-state index < -0.39 is 5.91 Å². The second-order valence-corrected chi connectivity index (χ2v) is 7.23. The average Bonchev–Trinajstić information content (AvgIpc) is 3.18. The van der Waals surface area contributed by atoms with Crippen LogP contribution in [0.5, 0.6) is 0 Å². The predicted molar refractivity (Wildman–Crippen MR) is 122 cm³/mol. The van der Waals surface area contributed by atoms with E-state index in [-0.39, 0.29) is 12.3 Å². The number of thiazole rings is 1. The number of aryl methyl sites for hydroxylation is 1. The van der Waals surface area contributed by atoms with Gasteiger partial charge in [0.15, 0.2) is 0 Å². The number of halogens is 1. The largest absolute Gasteiger partial charge is 0.344 e. The topological polar surface area (TPSA) is 83.8 Å². The Bertz CT molecular complexity index is 840. The molecule has 1 unspecified atom stereocenters. The Morgan fingerprint density at radius 1 is 1.37 bits per heavy atom. The molecule has 1 aromatic rings. The summed E-state index contributed by atoms with van der Waals surface area (Å²) in [5.41, 5.74) is 1.56. The van der Waals surface area contributed by atoms with Gasteiger partial charge in [0.25, 0.3) is 5.91 Å². The normalized spacial score (nSPS) is 13.5. The number of unbranched alkanes of at least 4 members (excludes halogenated alkanes) is 1. The molecule has 1 rings (SSSR count). The number of amides is 1. The molecule has 1 amide bonds. The van der Waals surface area contributed by atoms with Crippen molar-refractivity contribution in [3.8, 4) is 0 Å². The molecule has 1 heterocycles. The van der Waals surface area contributed by atoms with Gasteiger partial charge in [0.1, 0.15) is 10.8 Å². The number of rotatable bonds is 13. The van der Waals surface area contributed by atoms with Crippen LogP contribution in [0, 0.1) is 11.8 Å². The average molecular weight is 431 g/mol. The SMILES string of the molecule is C=CCC(/C=C/N=C(/CCCCC(=O)N=O)N/C(C=C)=C/C=C/F)c1nc(C)cs1. The van der Waals surface area contributed by atoms with Gasteiger partial charge in [-0.2, -0.15) is 0 Å². The van der Waals surface area contributed by atoms with E-state index in [1.54, 1.807) is 23.6 Å². The first-order valence-corrected chi connectivity index (χ1v) is 10.4. The first-order valence-electron chi connectivity index (χ1n) is 9.53. The Balaban J connectivity index is 2.92. The number of nitrogens with one attached hydrogen (secondary N) is 1. The van der Waals surface area contributed by atoms with E-state index in [9.17, 15) is 14.1 Å². The van der Waals surface area contributed by atoms with E-state index in [4.69, 9.17) is 0 Å². The van der Waals surface area contributed by atoms with Crippen LogP contribution >= 0.6 is 11.3 Å². The molecular weight excluding hydrogens is 403 g/mol. The van der Waals surface area contributed by atoms with Gasteiger partial charge in [-0.3, -0.25) is 4.79 Å². The number of aromatic nitrogens is 1. The van der Waals surface area contributed by atoms with Gasteiger partial charge in [-0.25, -0.2) is 14.4 Å². The number of aliphatic imine (C=N–C) groups is 1. The molecule has 1 aromatic heterocycles. The molecule has 0 spiro atoms. The van der Waals surface area contributed by atoms with Crippen LogP contribution in [-0.4, -0.2) is 16.7 Å². The van der Waals surface area contributed by atoms with Crippen molar-refractivity contribution in [2.24, 2.45) is 10.2 Å². The zero-order valence-corrected chi connectivity index (χ0v) is 17.9. The zero-order valence-electron chi connectivity index (χ0n) is 17.1. The number of carbonyl (C=O) groups is 1. The Morgan fingerprint density at radius 2 is 2.13 bits per heavy atom. The lowest BCUT2D eigenvalue weighted by Crippen LogP contribution is -2.21. The zero-order chi connectivity index (χ0) is 22.2. The highest BCUT2D eigenvalue weighted by atomic mass is 32.1. The van der Waals surface area contributed by atoms with Crippen LogP contribution in [0.2, 0.25) is 0 Å². The molecule has 30 heavy (non-hydrogen) atoms. The smallest absolute Gasteiger partial charge is 0.286 e. The molecule has 0 fully saturated rings. The Labute approximate surface area is 180 Å². The Morgan fingerprint density at radius 3 is 2.73 bits per heavy atom. The Kier molecular flexibility index (Phi) is 12.5. The van der Waals surface area contributed by atoms with Crippen LogP contribution in [0.1, 0.15) is 48.7 Å². The van der Waals surface area contributed by atoms with Crippen LogP contribution in [0.3, 0.4) is 0 Å².